The summed E-state index contributed by atoms with van der Waals surface area (Å²) < 4.78 is 17.9. The van der Waals surface area contributed by atoms with Crippen molar-refractivity contribution < 1.29 is 38.5 Å². The number of hydrogen-bond donors (Lipinski definition) is 2. The predicted molar refractivity (Wildman–Crippen MR) is 175 cm³/mol. The van der Waals surface area contributed by atoms with Crippen LogP contribution in [0.4, 0.5) is 0 Å². The second-order valence-corrected chi connectivity index (χ2v) is 13.5. The third kappa shape index (κ3) is 6.55. The first-order valence-corrected chi connectivity index (χ1v) is 17.3. The highest BCUT2D eigenvalue weighted by Gasteiger charge is 2.72. The van der Waals surface area contributed by atoms with E-state index in [2.05, 4.69) is 10.2 Å². The van der Waals surface area contributed by atoms with E-state index >= 15 is 0 Å². The van der Waals surface area contributed by atoms with Gasteiger partial charge in [-0.25, -0.2) is 0 Å². The molecule has 0 aliphatic carbocycles. The van der Waals surface area contributed by atoms with Gasteiger partial charge in [0.25, 0.3) is 0 Å². The Morgan fingerprint density at radius 1 is 1.04 bits per heavy atom. The fraction of sp³-hybridized carbons (Fsp3) is 0.611. The second kappa shape index (κ2) is 14.9. The van der Waals surface area contributed by atoms with Gasteiger partial charge in [0.2, 0.25) is 17.7 Å². The van der Waals surface area contributed by atoms with Gasteiger partial charge in [0.15, 0.2) is 0 Å². The van der Waals surface area contributed by atoms with Crippen molar-refractivity contribution in [2.75, 3.05) is 59.2 Å². The van der Waals surface area contributed by atoms with E-state index in [4.69, 9.17) is 14.2 Å². The van der Waals surface area contributed by atoms with Gasteiger partial charge in [-0.15, -0.1) is 0 Å². The van der Waals surface area contributed by atoms with Gasteiger partial charge in [0.1, 0.15) is 18.2 Å². The fourth-order valence-corrected chi connectivity index (χ4v) is 7.88. The molecule has 6 rings (SSSR count). The summed E-state index contributed by atoms with van der Waals surface area (Å²) >= 11 is 0. The highest BCUT2D eigenvalue weighted by molar-refractivity contribution is 6.00. The SMILES string of the molecule is CC[C@H](C)[C@H](CO)N1C(=O)[C@H]2[C@@H]3C(=O)N[C@@H](c4ccccc4)COC(=O)CC/C=C\[C@@H]3O[C@]23C=CCN(CCN2CCOCC2)C(=O)[C@H]13. The van der Waals surface area contributed by atoms with Gasteiger partial charge in [-0.2, -0.15) is 0 Å². The average Bonchev–Trinajstić information content (AvgIpc) is 3.49. The molecule has 0 unspecified atom stereocenters. The van der Waals surface area contributed by atoms with E-state index < -0.39 is 47.6 Å². The number of esters is 1. The number of fused-ring (bicyclic) bond motifs is 2. The molecule has 3 saturated heterocycles. The van der Waals surface area contributed by atoms with Crippen LogP contribution in [0.3, 0.4) is 0 Å². The Bertz CT molecular complexity index is 1400. The first-order chi connectivity index (χ1) is 23.3. The normalized spacial score (nSPS) is 33.4. The molecule has 12 nitrogen and oxygen atoms in total. The molecule has 0 aromatic heterocycles. The predicted octanol–water partition coefficient (Wildman–Crippen LogP) is 1.46. The van der Waals surface area contributed by atoms with E-state index in [9.17, 15) is 24.3 Å². The number of aliphatic hydroxyl groups excluding tert-OH is 1. The van der Waals surface area contributed by atoms with Crippen LogP contribution < -0.4 is 5.32 Å². The van der Waals surface area contributed by atoms with Crippen LogP contribution in [-0.4, -0.2) is 126 Å². The quantitative estimate of drug-likeness (QED) is 0.313. The standard InChI is InChI=1S/C36H48N4O8/c1-3-24(2)27(22-41)40-32-35(45)39(17-16-38-18-20-46-21-19-38)15-9-14-36(32)31(34(40)44)30-28(48-36)12-7-8-13-29(42)47-23-26(37-33(30)43)25-10-5-4-6-11-25/h4-7,9-12,14,24,26-28,30-32,41H,3,8,13,15-23H2,1-2H3,(H,37,43)/b12-7-/t24-,26+,27-,28-,30+,31+,32-,36+/m0/s1. The molecule has 0 bridgehead atoms. The number of nitrogens with zero attached hydrogens (tertiary/aromatic N) is 3. The first kappa shape index (κ1) is 34.3. The highest BCUT2D eigenvalue weighted by atomic mass is 16.5. The monoisotopic (exact) mass is 664 g/mol. The van der Waals surface area contributed by atoms with Crippen molar-refractivity contribution in [2.45, 2.75) is 62.9 Å². The van der Waals surface area contributed by atoms with Crippen LogP contribution >= 0.6 is 0 Å². The van der Waals surface area contributed by atoms with Crippen molar-refractivity contribution in [1.82, 2.24) is 20.0 Å². The molecule has 2 N–H and O–H groups in total. The van der Waals surface area contributed by atoms with Crippen molar-refractivity contribution in [3.63, 3.8) is 0 Å². The summed E-state index contributed by atoms with van der Waals surface area (Å²) in [4.78, 5) is 62.1. The van der Waals surface area contributed by atoms with Gasteiger partial charge in [0.05, 0.1) is 49.8 Å². The molecular formula is C36H48N4O8. The summed E-state index contributed by atoms with van der Waals surface area (Å²) in [6.07, 6.45) is 7.60. The number of carbonyl (C=O) groups is 4. The molecule has 48 heavy (non-hydrogen) atoms. The average molecular weight is 665 g/mol. The fourth-order valence-electron chi connectivity index (χ4n) is 7.88. The lowest BCUT2D eigenvalue weighted by molar-refractivity contribution is -0.152. The van der Waals surface area contributed by atoms with Crippen LogP contribution in [0.5, 0.6) is 0 Å². The maximum Gasteiger partial charge on any atom is 0.306 e. The number of allylic oxidation sites excluding steroid dienone is 1. The molecule has 0 radical (unpaired) electrons. The third-order valence-corrected chi connectivity index (χ3v) is 10.7. The summed E-state index contributed by atoms with van der Waals surface area (Å²) in [6.45, 7) is 7.87. The van der Waals surface area contributed by atoms with Crippen LogP contribution in [-0.2, 0) is 33.4 Å². The first-order valence-electron chi connectivity index (χ1n) is 17.3. The van der Waals surface area contributed by atoms with E-state index in [0.717, 1.165) is 18.7 Å². The summed E-state index contributed by atoms with van der Waals surface area (Å²) in [6, 6.07) is 6.89. The van der Waals surface area contributed by atoms with Crippen molar-refractivity contribution in [1.29, 1.82) is 0 Å². The van der Waals surface area contributed by atoms with Crippen LogP contribution in [0, 0.1) is 17.8 Å². The number of likely N-dealkylation sites (tertiary alicyclic amines) is 1. The van der Waals surface area contributed by atoms with Crippen molar-refractivity contribution in [3.05, 3.63) is 60.2 Å². The number of rotatable bonds is 8. The summed E-state index contributed by atoms with van der Waals surface area (Å²) in [5.74, 6) is -3.55. The summed E-state index contributed by atoms with van der Waals surface area (Å²) in [5, 5.41) is 13.8. The summed E-state index contributed by atoms with van der Waals surface area (Å²) in [5.41, 5.74) is -0.680. The molecule has 12 heteroatoms. The number of benzene rings is 1. The number of carbonyl (C=O) groups excluding carboxylic acids is 4. The molecule has 1 aromatic carbocycles. The van der Waals surface area contributed by atoms with Crippen molar-refractivity contribution in [2.24, 2.45) is 17.8 Å². The Morgan fingerprint density at radius 3 is 2.54 bits per heavy atom. The molecule has 5 aliphatic heterocycles. The summed E-state index contributed by atoms with van der Waals surface area (Å²) in [7, 11) is 0. The van der Waals surface area contributed by atoms with Gasteiger partial charge < -0.3 is 34.4 Å². The number of hydrogen-bond acceptors (Lipinski definition) is 9. The van der Waals surface area contributed by atoms with Crippen molar-refractivity contribution in [3.8, 4) is 0 Å². The Labute approximate surface area is 282 Å². The van der Waals surface area contributed by atoms with Gasteiger partial charge in [-0.05, 0) is 17.9 Å². The molecule has 1 aromatic rings. The Morgan fingerprint density at radius 2 is 1.81 bits per heavy atom. The Balaban J connectivity index is 1.39. The van der Waals surface area contributed by atoms with E-state index in [0.29, 0.717) is 45.7 Å². The van der Waals surface area contributed by atoms with Gasteiger partial charge >= 0.3 is 5.97 Å². The van der Waals surface area contributed by atoms with Gasteiger partial charge in [-0.3, -0.25) is 24.1 Å². The molecule has 3 amide bonds. The van der Waals surface area contributed by atoms with Crippen LogP contribution in [0.15, 0.2) is 54.6 Å². The minimum absolute atomic E-state index is 0.0633. The zero-order valence-electron chi connectivity index (χ0n) is 27.9. The zero-order chi connectivity index (χ0) is 33.8. The molecule has 8 atom stereocenters. The van der Waals surface area contributed by atoms with Crippen LogP contribution in [0.2, 0.25) is 0 Å². The third-order valence-electron chi connectivity index (χ3n) is 10.7. The molecule has 0 saturated carbocycles. The number of aliphatic hydroxyl groups is 1. The maximum atomic E-state index is 14.8. The van der Waals surface area contributed by atoms with Crippen molar-refractivity contribution >= 4 is 23.7 Å². The topological polar surface area (TPSA) is 138 Å². The van der Waals surface area contributed by atoms with Gasteiger partial charge in [0, 0.05) is 39.1 Å². The number of morpholine rings is 1. The molecule has 5 aliphatic rings. The molecule has 5 heterocycles. The second-order valence-electron chi connectivity index (χ2n) is 13.5. The lowest BCUT2D eigenvalue weighted by Gasteiger charge is -2.40. The number of nitrogens with one attached hydrogen (secondary N) is 1. The van der Waals surface area contributed by atoms with E-state index in [-0.39, 0.29) is 43.3 Å². The largest absolute Gasteiger partial charge is 0.463 e. The van der Waals surface area contributed by atoms with E-state index in [1.54, 1.807) is 22.0 Å². The van der Waals surface area contributed by atoms with Gasteiger partial charge in [-0.1, -0.05) is 74.9 Å². The van der Waals surface area contributed by atoms with Crippen LogP contribution in [0.25, 0.3) is 0 Å². The smallest absolute Gasteiger partial charge is 0.306 e. The number of amides is 3. The van der Waals surface area contributed by atoms with E-state index in [1.165, 1.54) is 0 Å². The zero-order valence-corrected chi connectivity index (χ0v) is 27.9. The molecular weight excluding hydrogens is 616 g/mol. The maximum absolute atomic E-state index is 14.8. The number of cyclic esters (lactones) is 1. The minimum Gasteiger partial charge on any atom is -0.463 e. The van der Waals surface area contributed by atoms with Crippen LogP contribution in [0.1, 0.15) is 44.7 Å². The molecule has 1 spiro atoms. The molecule has 3 fully saturated rings. The Hall–Kier alpha value is -3.58. The minimum atomic E-state index is -1.44. The lowest BCUT2D eigenvalue weighted by Crippen LogP contribution is -2.59. The Kier molecular flexibility index (Phi) is 10.6. The van der Waals surface area contributed by atoms with E-state index in [1.807, 2.05) is 56.3 Å². The lowest BCUT2D eigenvalue weighted by atomic mass is 9.77. The molecule has 260 valence electrons. The highest BCUT2D eigenvalue weighted by Crippen LogP contribution is 2.54. The number of ether oxygens (including phenoxy) is 3.